The quantitative estimate of drug-likeness (QED) is 0.633. The summed E-state index contributed by atoms with van der Waals surface area (Å²) in [4.78, 5) is 36.3. The highest BCUT2D eigenvalue weighted by Crippen LogP contribution is 2.37. The summed E-state index contributed by atoms with van der Waals surface area (Å²) in [5, 5.41) is 2.60. The Balaban J connectivity index is 1.41. The number of esters is 1. The number of hydrogen-bond acceptors (Lipinski definition) is 6. The second kappa shape index (κ2) is 7.34. The predicted molar refractivity (Wildman–Crippen MR) is 99.9 cm³/mol. The summed E-state index contributed by atoms with van der Waals surface area (Å²) in [6.45, 7) is 0.991. The Morgan fingerprint density at radius 2 is 1.79 bits per heavy atom. The van der Waals surface area contributed by atoms with E-state index in [1.807, 2.05) is 12.1 Å². The van der Waals surface area contributed by atoms with Crippen molar-refractivity contribution >= 4 is 23.3 Å². The molecule has 1 aliphatic heterocycles. The third-order valence-corrected chi connectivity index (χ3v) is 4.83. The minimum atomic E-state index is -0.553. The molecule has 144 valence electrons. The molecular formula is C21H19NO6. The van der Waals surface area contributed by atoms with Gasteiger partial charge in [0, 0.05) is 11.6 Å². The second-order valence-corrected chi connectivity index (χ2v) is 6.77. The summed E-state index contributed by atoms with van der Waals surface area (Å²) in [5.41, 5.74) is 3.43. The van der Waals surface area contributed by atoms with Crippen LogP contribution in [-0.4, -0.2) is 31.1 Å². The number of amides is 1. The number of anilines is 1. The van der Waals surface area contributed by atoms with Crippen molar-refractivity contribution in [3.8, 4) is 11.5 Å². The maximum atomic E-state index is 12.2. The molecule has 28 heavy (non-hydrogen) atoms. The van der Waals surface area contributed by atoms with Gasteiger partial charge in [-0.1, -0.05) is 6.07 Å². The molecular weight excluding hydrogens is 362 g/mol. The van der Waals surface area contributed by atoms with E-state index in [1.54, 1.807) is 6.07 Å². The van der Waals surface area contributed by atoms with Crippen LogP contribution in [-0.2, 0) is 22.4 Å². The molecule has 0 spiro atoms. The van der Waals surface area contributed by atoms with Gasteiger partial charge in [0.15, 0.2) is 23.9 Å². The second-order valence-electron chi connectivity index (χ2n) is 6.77. The molecule has 0 aromatic heterocycles. The molecule has 1 N–H and O–H groups in total. The van der Waals surface area contributed by atoms with Gasteiger partial charge < -0.3 is 19.5 Å². The van der Waals surface area contributed by atoms with Gasteiger partial charge in [0.25, 0.3) is 5.91 Å². The van der Waals surface area contributed by atoms with Crippen molar-refractivity contribution in [3.05, 3.63) is 52.6 Å². The Morgan fingerprint density at radius 1 is 1.04 bits per heavy atom. The van der Waals surface area contributed by atoms with Crippen molar-refractivity contribution < 1.29 is 28.6 Å². The topological polar surface area (TPSA) is 90.9 Å². The van der Waals surface area contributed by atoms with Crippen LogP contribution in [0.3, 0.4) is 0 Å². The van der Waals surface area contributed by atoms with Crippen LogP contribution in [0, 0.1) is 0 Å². The molecule has 1 aliphatic carbocycles. The molecule has 2 aromatic rings. The third kappa shape index (κ3) is 3.55. The van der Waals surface area contributed by atoms with Crippen LogP contribution >= 0.6 is 0 Å². The first-order chi connectivity index (χ1) is 13.5. The Morgan fingerprint density at radius 3 is 2.57 bits per heavy atom. The zero-order valence-corrected chi connectivity index (χ0v) is 15.4. The average Bonchev–Trinajstić information content (AvgIpc) is 3.33. The summed E-state index contributed by atoms with van der Waals surface area (Å²) < 4.78 is 15.7. The molecule has 0 fully saturated rings. The monoisotopic (exact) mass is 381 g/mol. The van der Waals surface area contributed by atoms with Gasteiger partial charge in [0.05, 0.1) is 11.3 Å². The molecule has 0 saturated heterocycles. The van der Waals surface area contributed by atoms with E-state index in [9.17, 15) is 14.4 Å². The first kappa shape index (κ1) is 18.0. The SMILES string of the molecule is CC(=O)c1cc2c(cc1NC(=O)COC(=O)c1ccc3c(c1)CCC3)OCO2. The van der Waals surface area contributed by atoms with Crippen LogP contribution in [0.1, 0.15) is 45.2 Å². The van der Waals surface area contributed by atoms with Crippen LogP contribution in [0.4, 0.5) is 5.69 Å². The molecule has 0 bridgehead atoms. The van der Waals surface area contributed by atoms with Gasteiger partial charge in [-0.3, -0.25) is 9.59 Å². The minimum absolute atomic E-state index is 0.0580. The molecule has 0 saturated carbocycles. The van der Waals surface area contributed by atoms with Gasteiger partial charge in [-0.2, -0.15) is 0 Å². The normalized spacial score (nSPS) is 13.8. The lowest BCUT2D eigenvalue weighted by Gasteiger charge is -2.11. The largest absolute Gasteiger partial charge is 0.454 e. The van der Waals surface area contributed by atoms with Gasteiger partial charge >= 0.3 is 5.97 Å². The van der Waals surface area contributed by atoms with Crippen LogP contribution < -0.4 is 14.8 Å². The number of carbonyl (C=O) groups excluding carboxylic acids is 3. The fourth-order valence-electron chi connectivity index (χ4n) is 3.44. The minimum Gasteiger partial charge on any atom is -0.454 e. The highest BCUT2D eigenvalue weighted by Gasteiger charge is 2.21. The third-order valence-electron chi connectivity index (χ3n) is 4.83. The van der Waals surface area contributed by atoms with E-state index in [0.29, 0.717) is 22.6 Å². The van der Waals surface area contributed by atoms with E-state index in [-0.39, 0.29) is 18.3 Å². The van der Waals surface area contributed by atoms with Crippen molar-refractivity contribution in [1.29, 1.82) is 0 Å². The zero-order valence-electron chi connectivity index (χ0n) is 15.4. The van der Waals surface area contributed by atoms with Gasteiger partial charge in [0.1, 0.15) is 0 Å². The van der Waals surface area contributed by atoms with Gasteiger partial charge in [-0.25, -0.2) is 4.79 Å². The van der Waals surface area contributed by atoms with Crippen LogP contribution in [0.2, 0.25) is 0 Å². The Hall–Kier alpha value is -3.35. The maximum absolute atomic E-state index is 12.2. The van der Waals surface area contributed by atoms with E-state index in [2.05, 4.69) is 5.32 Å². The molecule has 0 radical (unpaired) electrons. The predicted octanol–water partition coefficient (Wildman–Crippen LogP) is 2.90. The van der Waals surface area contributed by atoms with Gasteiger partial charge in [0.2, 0.25) is 6.79 Å². The molecule has 4 rings (SSSR count). The standard InChI is InChI=1S/C21H19NO6/c1-12(23)16-8-18-19(28-11-27-18)9-17(16)22-20(24)10-26-21(25)15-6-5-13-3-2-4-14(13)7-15/h5-9H,2-4,10-11H2,1H3,(H,22,24). The summed E-state index contributed by atoms with van der Waals surface area (Å²) >= 11 is 0. The molecule has 7 heteroatoms. The Kier molecular flexibility index (Phi) is 4.73. The number of ether oxygens (including phenoxy) is 3. The fourth-order valence-corrected chi connectivity index (χ4v) is 3.44. The maximum Gasteiger partial charge on any atom is 0.338 e. The van der Waals surface area contributed by atoms with Gasteiger partial charge in [-0.15, -0.1) is 0 Å². The molecule has 7 nitrogen and oxygen atoms in total. The Labute approximate surface area is 161 Å². The summed E-state index contributed by atoms with van der Waals surface area (Å²) in [6.07, 6.45) is 3.07. The van der Waals surface area contributed by atoms with E-state index in [1.165, 1.54) is 24.6 Å². The molecule has 0 atom stereocenters. The summed E-state index contributed by atoms with van der Waals surface area (Å²) in [7, 11) is 0. The number of aryl methyl sites for hydroxylation is 2. The van der Waals surface area contributed by atoms with Crippen molar-refractivity contribution in [2.24, 2.45) is 0 Å². The Bertz CT molecular complexity index is 981. The fraction of sp³-hybridized carbons (Fsp3) is 0.286. The first-order valence-electron chi connectivity index (χ1n) is 9.04. The number of benzene rings is 2. The van der Waals surface area contributed by atoms with E-state index >= 15 is 0 Å². The highest BCUT2D eigenvalue weighted by atomic mass is 16.7. The highest BCUT2D eigenvalue weighted by molar-refractivity contribution is 6.05. The summed E-state index contributed by atoms with van der Waals surface area (Å²) in [5.74, 6) is -0.441. The number of nitrogens with one attached hydrogen (secondary N) is 1. The van der Waals surface area contributed by atoms with Crippen LogP contribution in [0.15, 0.2) is 30.3 Å². The number of ketones is 1. The first-order valence-corrected chi connectivity index (χ1v) is 9.04. The van der Waals surface area contributed by atoms with Crippen molar-refractivity contribution in [2.45, 2.75) is 26.2 Å². The van der Waals surface area contributed by atoms with Crippen molar-refractivity contribution in [2.75, 3.05) is 18.7 Å². The number of hydrogen-bond donors (Lipinski definition) is 1. The zero-order chi connectivity index (χ0) is 19.7. The number of carbonyl (C=O) groups is 3. The number of rotatable bonds is 5. The van der Waals surface area contributed by atoms with Gasteiger partial charge in [-0.05, 0) is 55.5 Å². The molecule has 0 unspecified atom stereocenters. The lowest BCUT2D eigenvalue weighted by atomic mass is 10.1. The number of fused-ring (bicyclic) bond motifs is 2. The molecule has 2 aromatic carbocycles. The lowest BCUT2D eigenvalue weighted by molar-refractivity contribution is -0.119. The summed E-state index contributed by atoms with van der Waals surface area (Å²) in [6, 6.07) is 8.53. The van der Waals surface area contributed by atoms with Crippen molar-refractivity contribution in [3.63, 3.8) is 0 Å². The van der Waals surface area contributed by atoms with Crippen molar-refractivity contribution in [1.82, 2.24) is 0 Å². The van der Waals surface area contributed by atoms with Crippen LogP contribution in [0.25, 0.3) is 0 Å². The molecule has 1 heterocycles. The average molecular weight is 381 g/mol. The lowest BCUT2D eigenvalue weighted by Crippen LogP contribution is -2.22. The smallest absolute Gasteiger partial charge is 0.338 e. The van der Waals surface area contributed by atoms with E-state index in [4.69, 9.17) is 14.2 Å². The molecule has 2 aliphatic rings. The molecule has 1 amide bonds. The van der Waals surface area contributed by atoms with Crippen LogP contribution in [0.5, 0.6) is 11.5 Å². The van der Waals surface area contributed by atoms with E-state index < -0.39 is 18.5 Å². The van der Waals surface area contributed by atoms with E-state index in [0.717, 1.165) is 24.8 Å². The number of Topliss-reactive ketones (excluding diaryl/α,β-unsaturated/α-hetero) is 1.